The Morgan fingerprint density at radius 2 is 1.76 bits per heavy atom. The third-order valence-corrected chi connectivity index (χ3v) is 4.53. The second-order valence-corrected chi connectivity index (χ2v) is 6.28. The van der Waals surface area contributed by atoms with Crippen LogP contribution in [-0.4, -0.2) is 22.6 Å². The summed E-state index contributed by atoms with van der Waals surface area (Å²) in [5, 5.41) is 24.1. The molecule has 3 rings (SSSR count). The Bertz CT molecular complexity index is 899. The zero-order valence-electron chi connectivity index (χ0n) is 13.8. The number of rotatable bonds is 3. The Labute approximate surface area is 145 Å². The minimum Gasteiger partial charge on any atom is -0.385 e. The lowest BCUT2D eigenvalue weighted by molar-refractivity contribution is -0.127. The van der Waals surface area contributed by atoms with E-state index in [-0.39, 0.29) is 0 Å². The highest BCUT2D eigenvalue weighted by Gasteiger charge is 2.48. The zero-order valence-corrected chi connectivity index (χ0v) is 13.8. The van der Waals surface area contributed by atoms with Gasteiger partial charge in [0.2, 0.25) is 0 Å². The first-order valence-electron chi connectivity index (χ1n) is 7.78. The number of nitrogens with zero attached hydrogens (tertiary/aromatic N) is 1. The fourth-order valence-electron chi connectivity index (χ4n) is 2.91. The molecule has 0 aliphatic carbocycles. The summed E-state index contributed by atoms with van der Waals surface area (Å²) < 4.78 is 0. The van der Waals surface area contributed by atoms with Crippen molar-refractivity contribution in [3.8, 4) is 17.2 Å². The average Bonchev–Trinajstić information content (AvgIpc) is 2.87. The van der Waals surface area contributed by atoms with E-state index >= 15 is 0 Å². The van der Waals surface area contributed by atoms with Gasteiger partial charge in [0.1, 0.15) is 11.6 Å². The summed E-state index contributed by atoms with van der Waals surface area (Å²) in [6.45, 7) is 3.36. The SMILES string of the molecule is Cc1cc(-c2ccc([C@@H](O)C3(C)NC(=O)NC3=O)cc2)ccc1C#N. The van der Waals surface area contributed by atoms with Gasteiger partial charge in [0.15, 0.2) is 0 Å². The van der Waals surface area contributed by atoms with Crippen molar-refractivity contribution in [3.63, 3.8) is 0 Å². The molecule has 0 saturated carbocycles. The Balaban J connectivity index is 1.88. The van der Waals surface area contributed by atoms with Gasteiger partial charge in [0.05, 0.1) is 11.6 Å². The van der Waals surface area contributed by atoms with Crippen LogP contribution >= 0.6 is 0 Å². The fraction of sp³-hybridized carbons (Fsp3) is 0.211. The van der Waals surface area contributed by atoms with Gasteiger partial charge in [-0.05, 0) is 42.2 Å². The van der Waals surface area contributed by atoms with E-state index in [1.807, 2.05) is 31.2 Å². The molecule has 3 N–H and O–H groups in total. The van der Waals surface area contributed by atoms with Gasteiger partial charge in [-0.2, -0.15) is 5.26 Å². The fourth-order valence-corrected chi connectivity index (χ4v) is 2.91. The molecule has 1 aliphatic heterocycles. The lowest BCUT2D eigenvalue weighted by Gasteiger charge is -2.27. The van der Waals surface area contributed by atoms with Crippen LogP contribution < -0.4 is 10.6 Å². The number of aliphatic hydroxyl groups excluding tert-OH is 1. The molecular formula is C19H17N3O3. The molecule has 1 saturated heterocycles. The van der Waals surface area contributed by atoms with Gasteiger partial charge >= 0.3 is 6.03 Å². The number of hydrogen-bond donors (Lipinski definition) is 3. The molecular weight excluding hydrogens is 318 g/mol. The highest BCUT2D eigenvalue weighted by molar-refractivity contribution is 6.07. The molecule has 0 radical (unpaired) electrons. The molecule has 6 heteroatoms. The lowest BCUT2D eigenvalue weighted by Crippen LogP contribution is -2.49. The Hall–Kier alpha value is -3.17. The van der Waals surface area contributed by atoms with E-state index in [9.17, 15) is 14.7 Å². The van der Waals surface area contributed by atoms with Crippen LogP contribution in [0.2, 0.25) is 0 Å². The van der Waals surface area contributed by atoms with E-state index in [0.717, 1.165) is 16.7 Å². The molecule has 1 heterocycles. The number of urea groups is 1. The van der Waals surface area contributed by atoms with E-state index in [2.05, 4.69) is 16.7 Å². The third kappa shape index (κ3) is 2.86. The maximum absolute atomic E-state index is 11.9. The third-order valence-electron chi connectivity index (χ3n) is 4.53. The van der Waals surface area contributed by atoms with Gasteiger partial charge in [-0.3, -0.25) is 10.1 Å². The molecule has 1 fully saturated rings. The summed E-state index contributed by atoms with van der Waals surface area (Å²) in [4.78, 5) is 23.3. The summed E-state index contributed by atoms with van der Waals surface area (Å²) in [6, 6.07) is 14.2. The van der Waals surface area contributed by atoms with Crippen molar-refractivity contribution in [2.45, 2.75) is 25.5 Å². The van der Waals surface area contributed by atoms with E-state index in [4.69, 9.17) is 5.26 Å². The van der Waals surface area contributed by atoms with Gasteiger partial charge in [-0.1, -0.05) is 36.4 Å². The molecule has 126 valence electrons. The van der Waals surface area contributed by atoms with Gasteiger partial charge < -0.3 is 10.4 Å². The van der Waals surface area contributed by atoms with Gasteiger partial charge in [0, 0.05) is 0 Å². The van der Waals surface area contributed by atoms with Crippen molar-refractivity contribution in [1.82, 2.24) is 10.6 Å². The van der Waals surface area contributed by atoms with Crippen LogP contribution in [0.25, 0.3) is 11.1 Å². The summed E-state index contributed by atoms with van der Waals surface area (Å²) in [5.41, 5.74) is 2.52. The second kappa shape index (κ2) is 6.04. The Kier molecular flexibility index (Phi) is 4.03. The largest absolute Gasteiger partial charge is 0.385 e. The van der Waals surface area contributed by atoms with Crippen molar-refractivity contribution in [2.24, 2.45) is 0 Å². The van der Waals surface area contributed by atoms with Crippen molar-refractivity contribution in [3.05, 3.63) is 59.2 Å². The molecule has 1 aliphatic rings. The number of nitrogens with one attached hydrogen (secondary N) is 2. The molecule has 2 atom stereocenters. The van der Waals surface area contributed by atoms with Crippen LogP contribution in [0.1, 0.15) is 29.7 Å². The Morgan fingerprint density at radius 3 is 2.28 bits per heavy atom. The van der Waals surface area contributed by atoms with E-state index in [0.29, 0.717) is 11.1 Å². The number of aliphatic hydroxyl groups is 1. The summed E-state index contributed by atoms with van der Waals surface area (Å²) >= 11 is 0. The second-order valence-electron chi connectivity index (χ2n) is 6.28. The maximum atomic E-state index is 11.9. The molecule has 0 aromatic heterocycles. The van der Waals surface area contributed by atoms with Crippen molar-refractivity contribution in [2.75, 3.05) is 0 Å². The van der Waals surface area contributed by atoms with Crippen LogP contribution in [0.5, 0.6) is 0 Å². The first-order chi connectivity index (χ1) is 11.8. The normalized spacial score (nSPS) is 20.6. The molecule has 2 aromatic carbocycles. The quantitative estimate of drug-likeness (QED) is 0.748. The summed E-state index contributed by atoms with van der Waals surface area (Å²) in [6.07, 6.45) is -1.17. The minimum atomic E-state index is -1.40. The highest BCUT2D eigenvalue weighted by atomic mass is 16.3. The smallest absolute Gasteiger partial charge is 0.322 e. The van der Waals surface area contributed by atoms with Crippen molar-refractivity contribution >= 4 is 11.9 Å². The number of aryl methyl sites for hydroxylation is 1. The number of hydrogen-bond acceptors (Lipinski definition) is 4. The number of imide groups is 1. The number of benzene rings is 2. The monoisotopic (exact) mass is 335 g/mol. The van der Waals surface area contributed by atoms with Gasteiger partial charge in [-0.15, -0.1) is 0 Å². The maximum Gasteiger partial charge on any atom is 0.322 e. The number of amides is 3. The molecule has 0 bridgehead atoms. The first kappa shape index (κ1) is 16.7. The minimum absolute atomic E-state index is 0.522. The summed E-state index contributed by atoms with van der Waals surface area (Å²) in [7, 11) is 0. The van der Waals surface area contributed by atoms with Crippen molar-refractivity contribution < 1.29 is 14.7 Å². The molecule has 3 amide bonds. The van der Waals surface area contributed by atoms with Gasteiger partial charge in [-0.25, -0.2) is 4.79 Å². The average molecular weight is 335 g/mol. The van der Waals surface area contributed by atoms with Crippen LogP contribution in [0.15, 0.2) is 42.5 Å². The number of carbonyl (C=O) groups is 2. The van der Waals surface area contributed by atoms with Gasteiger partial charge in [0.25, 0.3) is 5.91 Å². The molecule has 25 heavy (non-hydrogen) atoms. The number of carbonyl (C=O) groups excluding carboxylic acids is 2. The first-order valence-corrected chi connectivity index (χ1v) is 7.78. The summed E-state index contributed by atoms with van der Waals surface area (Å²) in [5.74, 6) is -0.559. The highest BCUT2D eigenvalue weighted by Crippen LogP contribution is 2.30. The van der Waals surface area contributed by atoms with Crippen LogP contribution in [0.4, 0.5) is 4.79 Å². The van der Waals surface area contributed by atoms with Crippen LogP contribution in [-0.2, 0) is 4.79 Å². The lowest BCUT2D eigenvalue weighted by atomic mass is 9.88. The van der Waals surface area contributed by atoms with Crippen LogP contribution in [0, 0.1) is 18.3 Å². The molecule has 1 unspecified atom stereocenters. The Morgan fingerprint density at radius 1 is 1.12 bits per heavy atom. The van der Waals surface area contributed by atoms with Crippen molar-refractivity contribution in [1.29, 1.82) is 5.26 Å². The van der Waals surface area contributed by atoms with E-state index < -0.39 is 23.6 Å². The predicted octanol–water partition coefficient (Wildman–Crippen LogP) is 2.17. The van der Waals surface area contributed by atoms with E-state index in [1.165, 1.54) is 6.92 Å². The standard InChI is InChI=1S/C19H17N3O3/c1-11-9-14(7-8-15(11)10-20)12-3-5-13(6-4-12)16(23)19(2)17(24)21-18(25)22-19/h3-9,16,23H,1-2H3,(H2,21,22,24,25)/t16-,19?/m1/s1. The zero-order chi connectivity index (χ0) is 18.2. The van der Waals surface area contributed by atoms with E-state index in [1.54, 1.807) is 18.2 Å². The predicted molar refractivity (Wildman–Crippen MR) is 91.4 cm³/mol. The molecule has 0 spiro atoms. The topological polar surface area (TPSA) is 102 Å². The van der Waals surface area contributed by atoms with Crippen LogP contribution in [0.3, 0.4) is 0 Å². The molecule has 6 nitrogen and oxygen atoms in total. The number of nitriles is 1. The molecule has 2 aromatic rings.